The third-order valence-corrected chi connectivity index (χ3v) is 7.74. The standard InChI is InChI=1S/C33H34N6O/c1-3-28(26-10-6-4-7-11-26)33(40)38-20-18-37(19-21-38)31-29-23-34-39(27-12-8-5-9-13-27)32(29)36-30(35-31)22-25-16-14-24(2)15-17-25/h4-17,23,28H,3,18-22H2,1-2H3/t28-/m1/s1. The van der Waals surface area contributed by atoms with Crippen LogP contribution in [0.3, 0.4) is 0 Å². The van der Waals surface area contributed by atoms with Crippen molar-refractivity contribution >= 4 is 22.8 Å². The van der Waals surface area contributed by atoms with Crippen molar-refractivity contribution in [2.75, 3.05) is 31.1 Å². The summed E-state index contributed by atoms with van der Waals surface area (Å²) in [6, 6.07) is 28.7. The number of hydrogen-bond donors (Lipinski definition) is 0. The van der Waals surface area contributed by atoms with Crippen LogP contribution in [0.25, 0.3) is 16.7 Å². The summed E-state index contributed by atoms with van der Waals surface area (Å²) < 4.78 is 1.89. The van der Waals surface area contributed by atoms with Crippen LogP contribution in [-0.4, -0.2) is 56.7 Å². The first-order valence-electron chi connectivity index (χ1n) is 14.0. The van der Waals surface area contributed by atoms with E-state index in [0.717, 1.165) is 40.3 Å². The predicted octanol–water partition coefficient (Wildman–Crippen LogP) is 5.56. The number of nitrogens with zero attached hydrogens (tertiary/aromatic N) is 6. The molecule has 3 heterocycles. The van der Waals surface area contributed by atoms with Crippen LogP contribution in [0, 0.1) is 6.92 Å². The zero-order valence-corrected chi connectivity index (χ0v) is 23.1. The maximum Gasteiger partial charge on any atom is 0.230 e. The lowest BCUT2D eigenvalue weighted by molar-refractivity contribution is -0.133. The minimum Gasteiger partial charge on any atom is -0.352 e. The molecular formula is C33H34N6O. The summed E-state index contributed by atoms with van der Waals surface area (Å²) in [5.74, 6) is 1.75. The first kappa shape index (κ1) is 25.7. The van der Waals surface area contributed by atoms with Gasteiger partial charge in [0.25, 0.3) is 0 Å². The van der Waals surface area contributed by atoms with Gasteiger partial charge in [-0.25, -0.2) is 14.6 Å². The maximum atomic E-state index is 13.5. The summed E-state index contributed by atoms with van der Waals surface area (Å²) in [5, 5.41) is 5.64. The van der Waals surface area contributed by atoms with Gasteiger partial charge in [0.05, 0.1) is 23.2 Å². The number of fused-ring (bicyclic) bond motifs is 1. The largest absolute Gasteiger partial charge is 0.352 e. The van der Waals surface area contributed by atoms with Gasteiger partial charge in [0.1, 0.15) is 11.6 Å². The molecule has 7 nitrogen and oxygen atoms in total. The van der Waals surface area contributed by atoms with Gasteiger partial charge in [-0.2, -0.15) is 5.10 Å². The molecule has 40 heavy (non-hydrogen) atoms. The van der Waals surface area contributed by atoms with Crippen molar-refractivity contribution in [3.8, 4) is 5.69 Å². The number of para-hydroxylation sites is 1. The van der Waals surface area contributed by atoms with Gasteiger partial charge in [0, 0.05) is 32.6 Å². The average molecular weight is 531 g/mol. The summed E-state index contributed by atoms with van der Waals surface area (Å²) >= 11 is 0. The number of rotatable bonds is 7. The highest BCUT2D eigenvalue weighted by Gasteiger charge is 2.29. The zero-order valence-electron chi connectivity index (χ0n) is 23.1. The molecule has 1 atom stereocenters. The van der Waals surface area contributed by atoms with Gasteiger partial charge in [-0.1, -0.05) is 85.3 Å². The number of aromatic nitrogens is 4. The molecule has 1 aliphatic rings. The minimum atomic E-state index is -0.108. The molecule has 6 rings (SSSR count). The van der Waals surface area contributed by atoms with E-state index < -0.39 is 0 Å². The van der Waals surface area contributed by atoms with E-state index in [4.69, 9.17) is 15.1 Å². The summed E-state index contributed by atoms with van der Waals surface area (Å²) in [7, 11) is 0. The number of aryl methyl sites for hydroxylation is 1. The maximum absolute atomic E-state index is 13.5. The fourth-order valence-electron chi connectivity index (χ4n) is 5.50. The number of anilines is 1. The highest BCUT2D eigenvalue weighted by atomic mass is 16.2. The molecule has 0 N–H and O–H groups in total. The van der Waals surface area contributed by atoms with Crippen LogP contribution in [0.2, 0.25) is 0 Å². The van der Waals surface area contributed by atoms with Crippen molar-refractivity contribution in [1.29, 1.82) is 0 Å². The third-order valence-electron chi connectivity index (χ3n) is 7.74. The molecule has 202 valence electrons. The van der Waals surface area contributed by atoms with Gasteiger partial charge in [0.15, 0.2) is 5.65 Å². The van der Waals surface area contributed by atoms with E-state index in [1.807, 2.05) is 64.3 Å². The van der Waals surface area contributed by atoms with E-state index in [1.54, 1.807) is 0 Å². The van der Waals surface area contributed by atoms with E-state index in [1.165, 1.54) is 11.1 Å². The Balaban J connectivity index is 1.29. The number of hydrogen-bond acceptors (Lipinski definition) is 5. The molecule has 0 radical (unpaired) electrons. The summed E-state index contributed by atoms with van der Waals surface area (Å²) in [4.78, 5) is 27.9. The summed E-state index contributed by atoms with van der Waals surface area (Å²) in [6.07, 6.45) is 3.29. The van der Waals surface area contributed by atoms with Crippen molar-refractivity contribution in [2.24, 2.45) is 0 Å². The Labute approximate surface area is 235 Å². The fourth-order valence-corrected chi connectivity index (χ4v) is 5.50. The summed E-state index contributed by atoms with van der Waals surface area (Å²) in [5.41, 5.74) is 5.25. The Hall–Kier alpha value is -4.52. The van der Waals surface area contributed by atoms with Crippen LogP contribution >= 0.6 is 0 Å². The van der Waals surface area contributed by atoms with Gasteiger partial charge in [-0.15, -0.1) is 0 Å². The molecule has 2 aromatic heterocycles. The third kappa shape index (κ3) is 5.19. The van der Waals surface area contributed by atoms with E-state index in [2.05, 4.69) is 55.1 Å². The van der Waals surface area contributed by atoms with Crippen LogP contribution in [0.4, 0.5) is 5.82 Å². The van der Waals surface area contributed by atoms with E-state index in [9.17, 15) is 4.79 Å². The van der Waals surface area contributed by atoms with E-state index in [-0.39, 0.29) is 11.8 Å². The zero-order chi connectivity index (χ0) is 27.5. The van der Waals surface area contributed by atoms with Crippen molar-refractivity contribution < 1.29 is 4.79 Å². The smallest absolute Gasteiger partial charge is 0.230 e. The van der Waals surface area contributed by atoms with E-state index in [0.29, 0.717) is 32.6 Å². The molecule has 0 spiro atoms. The van der Waals surface area contributed by atoms with Gasteiger partial charge in [0.2, 0.25) is 5.91 Å². The molecular weight excluding hydrogens is 496 g/mol. The number of piperazine rings is 1. The molecule has 0 unspecified atom stereocenters. The quantitative estimate of drug-likeness (QED) is 0.276. The van der Waals surface area contributed by atoms with Crippen LogP contribution in [-0.2, 0) is 11.2 Å². The summed E-state index contributed by atoms with van der Waals surface area (Å²) in [6.45, 7) is 6.92. The molecule has 0 aliphatic carbocycles. The molecule has 0 bridgehead atoms. The number of carbonyl (C=O) groups is 1. The van der Waals surface area contributed by atoms with Gasteiger partial charge in [-0.05, 0) is 36.6 Å². The van der Waals surface area contributed by atoms with Gasteiger partial charge < -0.3 is 9.80 Å². The first-order valence-corrected chi connectivity index (χ1v) is 14.0. The SMILES string of the molecule is CC[C@@H](C(=O)N1CCN(c2nc(Cc3ccc(C)cc3)nc3c2cnn3-c2ccccc2)CC1)c1ccccc1. The topological polar surface area (TPSA) is 67.2 Å². The van der Waals surface area contributed by atoms with Gasteiger partial charge in [-0.3, -0.25) is 4.79 Å². The van der Waals surface area contributed by atoms with Crippen LogP contribution in [0.15, 0.2) is 91.1 Å². The highest BCUT2D eigenvalue weighted by molar-refractivity contribution is 5.88. The Kier molecular flexibility index (Phi) is 7.27. The monoisotopic (exact) mass is 530 g/mol. The Morgan fingerprint density at radius 1 is 0.850 bits per heavy atom. The van der Waals surface area contributed by atoms with Crippen molar-refractivity contribution in [3.05, 3.63) is 114 Å². The van der Waals surface area contributed by atoms with Crippen LogP contribution in [0.5, 0.6) is 0 Å². The number of benzene rings is 3. The Bertz CT molecular complexity index is 1590. The van der Waals surface area contributed by atoms with Crippen molar-refractivity contribution in [1.82, 2.24) is 24.6 Å². The van der Waals surface area contributed by atoms with Crippen molar-refractivity contribution in [2.45, 2.75) is 32.6 Å². The number of amides is 1. The second-order valence-corrected chi connectivity index (χ2v) is 10.4. The highest BCUT2D eigenvalue weighted by Crippen LogP contribution is 2.29. The Morgan fingerprint density at radius 2 is 1.52 bits per heavy atom. The lowest BCUT2D eigenvalue weighted by Crippen LogP contribution is -2.50. The Morgan fingerprint density at radius 3 is 2.20 bits per heavy atom. The molecule has 0 saturated carbocycles. The molecule has 1 amide bonds. The lowest BCUT2D eigenvalue weighted by atomic mass is 9.95. The minimum absolute atomic E-state index is 0.108. The average Bonchev–Trinajstić information content (AvgIpc) is 3.43. The molecule has 7 heteroatoms. The van der Waals surface area contributed by atoms with Gasteiger partial charge >= 0.3 is 0 Å². The normalized spacial score (nSPS) is 14.4. The fraction of sp³-hybridized carbons (Fsp3) is 0.273. The predicted molar refractivity (Wildman–Crippen MR) is 159 cm³/mol. The molecule has 1 fully saturated rings. The molecule has 1 saturated heterocycles. The molecule has 5 aromatic rings. The molecule has 3 aromatic carbocycles. The lowest BCUT2D eigenvalue weighted by Gasteiger charge is -2.37. The van der Waals surface area contributed by atoms with Crippen molar-refractivity contribution in [3.63, 3.8) is 0 Å². The second kappa shape index (κ2) is 11.3. The second-order valence-electron chi connectivity index (χ2n) is 10.4. The van der Waals surface area contributed by atoms with Crippen LogP contribution < -0.4 is 4.90 Å². The van der Waals surface area contributed by atoms with E-state index >= 15 is 0 Å². The van der Waals surface area contributed by atoms with Crippen LogP contribution in [0.1, 0.15) is 41.8 Å². The number of carbonyl (C=O) groups excluding carboxylic acids is 1. The first-order chi connectivity index (χ1) is 19.6. The molecule has 1 aliphatic heterocycles.